The highest BCUT2D eigenvalue weighted by Gasteiger charge is 2.12. The molecule has 126 valence electrons. The van der Waals surface area contributed by atoms with Gasteiger partial charge in [0.05, 0.1) is 18.4 Å². The van der Waals surface area contributed by atoms with Gasteiger partial charge in [0.15, 0.2) is 0 Å². The van der Waals surface area contributed by atoms with E-state index in [1.54, 1.807) is 30.3 Å². The summed E-state index contributed by atoms with van der Waals surface area (Å²) in [6, 6.07) is 14.1. The monoisotopic (exact) mass is 366 g/mol. The fourth-order valence-corrected chi connectivity index (χ4v) is 2.23. The van der Waals surface area contributed by atoms with Crippen molar-refractivity contribution in [1.29, 1.82) is 0 Å². The second-order valence-electron chi connectivity index (χ2n) is 4.68. The van der Waals surface area contributed by atoms with Crippen LogP contribution in [0.3, 0.4) is 0 Å². The van der Waals surface area contributed by atoms with Crippen molar-refractivity contribution in [2.45, 2.75) is 0 Å². The lowest BCUT2D eigenvalue weighted by Crippen LogP contribution is -2.07. The molecule has 0 saturated heterocycles. The maximum Gasteiger partial charge on any atom is 0.341 e. The average molecular weight is 367 g/mol. The number of halogens is 2. The van der Waals surface area contributed by atoms with E-state index in [2.05, 4.69) is 0 Å². The molecule has 0 aliphatic carbocycles. The SMILES string of the molecule is COC(=O)C(=COCCOc1cc(Cl)ccc1Cl)c1ccccc1. The molecule has 0 saturated carbocycles. The number of esters is 1. The number of carbonyl (C=O) groups excluding carboxylic acids is 1. The molecule has 0 atom stereocenters. The van der Waals surface area contributed by atoms with Crippen LogP contribution in [0.1, 0.15) is 5.56 Å². The van der Waals surface area contributed by atoms with E-state index in [1.807, 2.05) is 18.2 Å². The van der Waals surface area contributed by atoms with Gasteiger partial charge in [-0.25, -0.2) is 4.79 Å². The third-order valence-electron chi connectivity index (χ3n) is 3.04. The van der Waals surface area contributed by atoms with Crippen LogP contribution in [0.4, 0.5) is 0 Å². The van der Waals surface area contributed by atoms with Crippen molar-refractivity contribution in [3.8, 4) is 5.75 Å². The molecule has 2 aromatic rings. The Balaban J connectivity index is 1.93. The summed E-state index contributed by atoms with van der Waals surface area (Å²) >= 11 is 11.9. The van der Waals surface area contributed by atoms with E-state index < -0.39 is 5.97 Å². The minimum Gasteiger partial charge on any atom is -0.497 e. The zero-order valence-corrected chi connectivity index (χ0v) is 14.5. The summed E-state index contributed by atoms with van der Waals surface area (Å²) in [5.41, 5.74) is 1.04. The van der Waals surface area contributed by atoms with Gasteiger partial charge in [-0.1, -0.05) is 53.5 Å². The quantitative estimate of drug-likeness (QED) is 0.310. The second kappa shape index (κ2) is 9.21. The predicted molar refractivity (Wildman–Crippen MR) is 94.3 cm³/mol. The van der Waals surface area contributed by atoms with Gasteiger partial charge < -0.3 is 14.2 Å². The van der Waals surface area contributed by atoms with Crippen LogP contribution in [-0.4, -0.2) is 26.3 Å². The first-order valence-electron chi connectivity index (χ1n) is 7.15. The molecule has 0 bridgehead atoms. The Morgan fingerprint density at radius 1 is 1.08 bits per heavy atom. The van der Waals surface area contributed by atoms with E-state index >= 15 is 0 Å². The van der Waals surface area contributed by atoms with Crippen LogP contribution in [0.2, 0.25) is 10.0 Å². The van der Waals surface area contributed by atoms with Crippen LogP contribution in [0.25, 0.3) is 5.57 Å². The predicted octanol–water partition coefficient (Wildman–Crippen LogP) is 4.60. The normalized spacial score (nSPS) is 11.0. The molecule has 6 heteroatoms. The second-order valence-corrected chi connectivity index (χ2v) is 5.53. The number of carbonyl (C=O) groups is 1. The molecule has 0 amide bonds. The van der Waals surface area contributed by atoms with E-state index in [0.29, 0.717) is 26.9 Å². The zero-order valence-electron chi connectivity index (χ0n) is 13.0. The van der Waals surface area contributed by atoms with Gasteiger partial charge in [0, 0.05) is 11.1 Å². The maximum absolute atomic E-state index is 11.8. The lowest BCUT2D eigenvalue weighted by Gasteiger charge is -2.09. The highest BCUT2D eigenvalue weighted by Crippen LogP contribution is 2.27. The van der Waals surface area contributed by atoms with Crippen LogP contribution in [0.5, 0.6) is 5.75 Å². The van der Waals surface area contributed by atoms with Crippen molar-refractivity contribution in [2.75, 3.05) is 20.3 Å². The molecule has 0 radical (unpaired) electrons. The van der Waals surface area contributed by atoms with Crippen LogP contribution in [-0.2, 0) is 14.3 Å². The molecule has 0 fully saturated rings. The summed E-state index contributed by atoms with van der Waals surface area (Å²) in [5.74, 6) is 0.00741. The van der Waals surface area contributed by atoms with Crippen molar-refractivity contribution >= 4 is 34.7 Å². The van der Waals surface area contributed by atoms with E-state index in [9.17, 15) is 4.79 Å². The van der Waals surface area contributed by atoms with Crippen molar-refractivity contribution < 1.29 is 19.0 Å². The lowest BCUT2D eigenvalue weighted by molar-refractivity contribution is -0.133. The van der Waals surface area contributed by atoms with Crippen molar-refractivity contribution in [2.24, 2.45) is 0 Å². The Hall–Kier alpha value is -2.17. The van der Waals surface area contributed by atoms with Crippen molar-refractivity contribution in [3.63, 3.8) is 0 Å². The molecular formula is C18H16Cl2O4. The Labute approximate surface area is 150 Å². The molecule has 0 N–H and O–H groups in total. The standard InChI is InChI=1S/C18H16Cl2O4/c1-22-18(21)15(13-5-3-2-4-6-13)12-23-9-10-24-17-11-14(19)7-8-16(17)20/h2-8,11-12H,9-10H2,1H3. The molecular weight excluding hydrogens is 351 g/mol. The van der Waals surface area contributed by atoms with Crippen LogP contribution < -0.4 is 4.74 Å². The van der Waals surface area contributed by atoms with Crippen LogP contribution in [0, 0.1) is 0 Å². The van der Waals surface area contributed by atoms with E-state index in [0.717, 1.165) is 0 Å². The summed E-state index contributed by atoms with van der Waals surface area (Å²) < 4.78 is 15.7. The fourth-order valence-electron chi connectivity index (χ4n) is 1.89. The maximum atomic E-state index is 11.8. The number of hydrogen-bond donors (Lipinski definition) is 0. The zero-order chi connectivity index (χ0) is 17.4. The first kappa shape index (κ1) is 18.2. The van der Waals surface area contributed by atoms with Gasteiger partial charge in [0.1, 0.15) is 24.5 Å². The van der Waals surface area contributed by atoms with Crippen LogP contribution in [0.15, 0.2) is 54.8 Å². The number of hydrogen-bond acceptors (Lipinski definition) is 4. The highest BCUT2D eigenvalue weighted by molar-refractivity contribution is 6.34. The molecule has 0 aliphatic heterocycles. The molecule has 0 spiro atoms. The average Bonchev–Trinajstić information content (AvgIpc) is 2.61. The van der Waals surface area contributed by atoms with Gasteiger partial charge in [-0.15, -0.1) is 0 Å². The Kier molecular flexibility index (Phi) is 6.97. The van der Waals surface area contributed by atoms with E-state index in [1.165, 1.54) is 13.4 Å². The van der Waals surface area contributed by atoms with Crippen molar-refractivity contribution in [3.05, 3.63) is 70.4 Å². The summed E-state index contributed by atoms with van der Waals surface area (Å²) in [4.78, 5) is 11.8. The smallest absolute Gasteiger partial charge is 0.341 e. The third kappa shape index (κ3) is 5.18. The first-order chi connectivity index (χ1) is 11.6. The van der Waals surface area contributed by atoms with Gasteiger partial charge in [0.25, 0.3) is 0 Å². The molecule has 4 nitrogen and oxygen atoms in total. The minimum absolute atomic E-state index is 0.232. The Morgan fingerprint density at radius 3 is 2.54 bits per heavy atom. The molecule has 2 rings (SSSR count). The summed E-state index contributed by atoms with van der Waals surface area (Å²) in [7, 11) is 1.32. The summed E-state index contributed by atoms with van der Waals surface area (Å²) in [6.45, 7) is 0.482. The van der Waals surface area contributed by atoms with Gasteiger partial charge in [-0.2, -0.15) is 0 Å². The molecule has 2 aromatic carbocycles. The summed E-state index contributed by atoms with van der Waals surface area (Å²) in [5, 5.41) is 1.00. The molecule has 0 aromatic heterocycles. The van der Waals surface area contributed by atoms with E-state index in [-0.39, 0.29) is 13.2 Å². The van der Waals surface area contributed by atoms with E-state index in [4.69, 9.17) is 37.4 Å². The lowest BCUT2D eigenvalue weighted by atomic mass is 10.1. The van der Waals surface area contributed by atoms with Gasteiger partial charge in [0.2, 0.25) is 0 Å². The number of ether oxygens (including phenoxy) is 3. The molecule has 0 unspecified atom stereocenters. The Bertz CT molecular complexity index is 714. The topological polar surface area (TPSA) is 44.8 Å². The van der Waals surface area contributed by atoms with Gasteiger partial charge >= 0.3 is 5.97 Å². The number of rotatable bonds is 7. The summed E-state index contributed by atoms with van der Waals surface area (Å²) in [6.07, 6.45) is 1.37. The highest BCUT2D eigenvalue weighted by atomic mass is 35.5. The number of benzene rings is 2. The molecule has 24 heavy (non-hydrogen) atoms. The molecule has 0 heterocycles. The first-order valence-corrected chi connectivity index (χ1v) is 7.90. The van der Waals surface area contributed by atoms with Gasteiger partial charge in [-0.3, -0.25) is 0 Å². The third-order valence-corrected chi connectivity index (χ3v) is 3.59. The van der Waals surface area contributed by atoms with Gasteiger partial charge in [-0.05, 0) is 17.7 Å². The fraction of sp³-hybridized carbons (Fsp3) is 0.167. The molecule has 0 aliphatic rings. The largest absolute Gasteiger partial charge is 0.497 e. The van der Waals surface area contributed by atoms with Crippen molar-refractivity contribution in [1.82, 2.24) is 0 Å². The Morgan fingerprint density at radius 2 is 1.83 bits per heavy atom. The minimum atomic E-state index is -0.472. The van der Waals surface area contributed by atoms with Crippen LogP contribution >= 0.6 is 23.2 Å². The number of methoxy groups -OCH3 is 1.